The molecule has 20 heavy (non-hydrogen) atoms. The molecule has 1 nitrogen and oxygen atoms in total. The van der Waals surface area contributed by atoms with E-state index in [1.807, 2.05) is 24.3 Å². The Morgan fingerprint density at radius 2 is 1.35 bits per heavy atom. The molecule has 0 heterocycles. The molecule has 0 aromatic heterocycles. The number of hydrogen-bond acceptors (Lipinski definition) is 1. The van der Waals surface area contributed by atoms with Gasteiger partial charge in [0.25, 0.3) is 0 Å². The van der Waals surface area contributed by atoms with Crippen molar-refractivity contribution in [1.82, 2.24) is 0 Å². The molecule has 96 valence electrons. The molecule has 3 rings (SSSR count). The number of hydrogen-bond donors (Lipinski definition) is 0. The Morgan fingerprint density at radius 1 is 0.700 bits per heavy atom. The molecule has 0 atom stereocenters. The highest BCUT2D eigenvalue weighted by atomic mass is 14.2. The van der Waals surface area contributed by atoms with Gasteiger partial charge in [-0.05, 0) is 46.9 Å². The largest absolute Gasteiger partial charge is 0.192 e. The highest BCUT2D eigenvalue weighted by molar-refractivity contribution is 5.82. The first kappa shape index (κ1) is 12.4. The highest BCUT2D eigenvalue weighted by Crippen LogP contribution is 2.17. The summed E-state index contributed by atoms with van der Waals surface area (Å²) in [6, 6.07) is 25.1. The molecule has 0 radical (unpaired) electrons. The molecule has 0 amide bonds. The summed E-state index contributed by atoms with van der Waals surface area (Å²) in [5.74, 6) is 0. The van der Waals surface area contributed by atoms with E-state index in [2.05, 4.69) is 48.5 Å². The zero-order chi connectivity index (χ0) is 13.8. The van der Waals surface area contributed by atoms with Gasteiger partial charge in [-0.15, -0.1) is 0 Å². The van der Waals surface area contributed by atoms with Crippen LogP contribution in [0.3, 0.4) is 0 Å². The molecule has 3 aromatic rings. The van der Waals surface area contributed by atoms with Crippen molar-refractivity contribution in [2.75, 3.05) is 0 Å². The first-order chi connectivity index (χ1) is 9.85. The fourth-order valence-corrected chi connectivity index (χ4v) is 2.43. The second-order valence-corrected chi connectivity index (χ2v) is 4.99. The molecule has 0 N–H and O–H groups in total. The van der Waals surface area contributed by atoms with Crippen molar-refractivity contribution in [3.8, 4) is 6.07 Å². The van der Waals surface area contributed by atoms with Crippen molar-refractivity contribution < 1.29 is 0 Å². The molecule has 3 aromatic carbocycles. The van der Waals surface area contributed by atoms with Crippen LogP contribution in [0.5, 0.6) is 0 Å². The first-order valence-electron chi connectivity index (χ1n) is 6.82. The Bertz CT molecular complexity index is 764. The quantitative estimate of drug-likeness (QED) is 0.678. The van der Waals surface area contributed by atoms with Crippen LogP contribution < -0.4 is 0 Å². The molecule has 0 bridgehead atoms. The van der Waals surface area contributed by atoms with Crippen LogP contribution >= 0.6 is 0 Å². The maximum absolute atomic E-state index is 8.79. The van der Waals surface area contributed by atoms with Gasteiger partial charge in [0.1, 0.15) is 0 Å². The third kappa shape index (κ3) is 2.70. The first-order valence-corrected chi connectivity index (χ1v) is 6.82. The fraction of sp³-hybridized carbons (Fsp3) is 0.105. The normalized spacial score (nSPS) is 10.3. The molecule has 0 saturated heterocycles. The highest BCUT2D eigenvalue weighted by Gasteiger charge is 1.99. The van der Waals surface area contributed by atoms with Gasteiger partial charge in [0.15, 0.2) is 0 Å². The minimum Gasteiger partial charge on any atom is -0.192 e. The predicted molar refractivity (Wildman–Crippen MR) is 82.5 cm³/mol. The molecule has 0 fully saturated rings. The van der Waals surface area contributed by atoms with Gasteiger partial charge in [-0.25, -0.2) is 0 Å². The van der Waals surface area contributed by atoms with Gasteiger partial charge >= 0.3 is 0 Å². The van der Waals surface area contributed by atoms with E-state index in [1.165, 1.54) is 21.9 Å². The van der Waals surface area contributed by atoms with E-state index in [-0.39, 0.29) is 0 Å². The van der Waals surface area contributed by atoms with Gasteiger partial charge in [0.2, 0.25) is 0 Å². The lowest BCUT2D eigenvalue weighted by atomic mass is 10.0. The van der Waals surface area contributed by atoms with Crippen LogP contribution in [0.2, 0.25) is 0 Å². The molecule has 0 aliphatic heterocycles. The minimum absolute atomic E-state index is 0.722. The van der Waals surface area contributed by atoms with Crippen LogP contribution in [0.25, 0.3) is 10.8 Å². The third-order valence-corrected chi connectivity index (χ3v) is 3.60. The average molecular weight is 257 g/mol. The summed E-state index contributed by atoms with van der Waals surface area (Å²) < 4.78 is 0. The summed E-state index contributed by atoms with van der Waals surface area (Å²) in [4.78, 5) is 0. The lowest BCUT2D eigenvalue weighted by Crippen LogP contribution is -1.91. The standard InChI is InChI=1S/C19H15N/c20-14-17-9-6-15(7-10-17)5-8-16-11-12-18-3-1-2-4-19(18)13-16/h1-4,6-7,9-13H,5,8H2. The SMILES string of the molecule is N#Cc1ccc(CCc2ccc3ccccc3c2)cc1. The maximum atomic E-state index is 8.79. The molecule has 1 heteroatoms. The van der Waals surface area contributed by atoms with Crippen molar-refractivity contribution in [2.24, 2.45) is 0 Å². The number of nitrogens with zero attached hydrogens (tertiary/aromatic N) is 1. The Morgan fingerprint density at radius 3 is 2.10 bits per heavy atom. The van der Waals surface area contributed by atoms with Crippen molar-refractivity contribution in [3.05, 3.63) is 83.4 Å². The van der Waals surface area contributed by atoms with Gasteiger partial charge in [0.05, 0.1) is 11.6 Å². The van der Waals surface area contributed by atoms with Gasteiger partial charge in [-0.3, -0.25) is 0 Å². The van der Waals surface area contributed by atoms with E-state index in [0.29, 0.717) is 0 Å². The Balaban J connectivity index is 1.74. The Labute approximate surface area is 119 Å². The van der Waals surface area contributed by atoms with Gasteiger partial charge in [-0.1, -0.05) is 54.6 Å². The van der Waals surface area contributed by atoms with E-state index < -0.39 is 0 Å². The van der Waals surface area contributed by atoms with Crippen molar-refractivity contribution in [2.45, 2.75) is 12.8 Å². The monoisotopic (exact) mass is 257 g/mol. The molecular formula is C19H15N. The second-order valence-electron chi connectivity index (χ2n) is 4.99. The predicted octanol–water partition coefficient (Wildman–Crippen LogP) is 4.50. The molecule has 0 spiro atoms. The topological polar surface area (TPSA) is 23.8 Å². The number of fused-ring (bicyclic) bond motifs is 1. The molecule has 0 aliphatic carbocycles. The van der Waals surface area contributed by atoms with E-state index in [9.17, 15) is 0 Å². The van der Waals surface area contributed by atoms with Crippen LogP contribution in [0.15, 0.2) is 66.7 Å². The van der Waals surface area contributed by atoms with Crippen molar-refractivity contribution in [1.29, 1.82) is 5.26 Å². The van der Waals surface area contributed by atoms with Gasteiger partial charge in [-0.2, -0.15) is 5.26 Å². The zero-order valence-corrected chi connectivity index (χ0v) is 11.2. The zero-order valence-electron chi connectivity index (χ0n) is 11.2. The van der Waals surface area contributed by atoms with Crippen molar-refractivity contribution in [3.63, 3.8) is 0 Å². The van der Waals surface area contributed by atoms with Crippen LogP contribution in [-0.4, -0.2) is 0 Å². The van der Waals surface area contributed by atoms with E-state index in [1.54, 1.807) is 0 Å². The third-order valence-electron chi connectivity index (χ3n) is 3.60. The molecule has 0 saturated carbocycles. The second kappa shape index (κ2) is 5.59. The molecule has 0 unspecified atom stereocenters. The number of benzene rings is 3. The summed E-state index contributed by atoms with van der Waals surface area (Å²) >= 11 is 0. The lowest BCUT2D eigenvalue weighted by molar-refractivity contribution is 0.962. The fourth-order valence-electron chi connectivity index (χ4n) is 2.43. The van der Waals surface area contributed by atoms with E-state index in [0.717, 1.165) is 18.4 Å². The summed E-state index contributed by atoms with van der Waals surface area (Å²) in [7, 11) is 0. The molecular weight excluding hydrogens is 242 g/mol. The van der Waals surface area contributed by atoms with Crippen LogP contribution in [-0.2, 0) is 12.8 Å². The summed E-state index contributed by atoms with van der Waals surface area (Å²) in [6.45, 7) is 0. The maximum Gasteiger partial charge on any atom is 0.0991 e. The van der Waals surface area contributed by atoms with Crippen LogP contribution in [0, 0.1) is 11.3 Å². The van der Waals surface area contributed by atoms with Crippen LogP contribution in [0.1, 0.15) is 16.7 Å². The summed E-state index contributed by atoms with van der Waals surface area (Å²) in [5, 5.41) is 11.4. The average Bonchev–Trinajstić information content (AvgIpc) is 2.53. The number of aryl methyl sites for hydroxylation is 2. The number of rotatable bonds is 3. The Kier molecular flexibility index (Phi) is 3.48. The summed E-state index contributed by atoms with van der Waals surface area (Å²) in [6.07, 6.45) is 2.03. The van der Waals surface area contributed by atoms with Gasteiger partial charge in [0, 0.05) is 0 Å². The number of nitriles is 1. The Hall–Kier alpha value is -2.59. The molecule has 0 aliphatic rings. The summed E-state index contributed by atoms with van der Waals surface area (Å²) in [5.41, 5.74) is 3.35. The van der Waals surface area contributed by atoms with Crippen LogP contribution in [0.4, 0.5) is 0 Å². The smallest absolute Gasteiger partial charge is 0.0991 e. The van der Waals surface area contributed by atoms with E-state index >= 15 is 0 Å². The van der Waals surface area contributed by atoms with Gasteiger partial charge < -0.3 is 0 Å². The van der Waals surface area contributed by atoms with Crippen molar-refractivity contribution >= 4 is 10.8 Å². The van der Waals surface area contributed by atoms with E-state index in [4.69, 9.17) is 5.26 Å². The lowest BCUT2D eigenvalue weighted by Gasteiger charge is -2.04. The minimum atomic E-state index is 0.722.